The molecule has 0 bridgehead atoms. The van der Waals surface area contributed by atoms with Crippen LogP contribution in [0.2, 0.25) is 0 Å². The van der Waals surface area contributed by atoms with E-state index in [4.69, 9.17) is 10.2 Å². The third-order valence-corrected chi connectivity index (χ3v) is 3.49. The van der Waals surface area contributed by atoms with Gasteiger partial charge in [0, 0.05) is 18.2 Å². The van der Waals surface area contributed by atoms with E-state index in [2.05, 4.69) is 33.0 Å². The fourth-order valence-electron chi connectivity index (χ4n) is 2.33. The minimum absolute atomic E-state index is 0.203. The van der Waals surface area contributed by atoms with E-state index in [-0.39, 0.29) is 6.04 Å². The molecular weight excluding hydrogens is 212 g/mol. The first-order chi connectivity index (χ1) is 8.06. The summed E-state index contributed by atoms with van der Waals surface area (Å²) in [7, 11) is 0. The molecule has 0 aliphatic rings. The van der Waals surface area contributed by atoms with Gasteiger partial charge in [-0.05, 0) is 30.4 Å². The Morgan fingerprint density at radius 2 is 1.88 bits per heavy atom. The van der Waals surface area contributed by atoms with Gasteiger partial charge >= 0.3 is 0 Å². The molecule has 98 valence electrons. The zero-order valence-corrected chi connectivity index (χ0v) is 11.4. The Morgan fingerprint density at radius 3 is 2.29 bits per heavy atom. The lowest BCUT2D eigenvalue weighted by molar-refractivity contribution is 0.266. The third-order valence-electron chi connectivity index (χ3n) is 3.49. The molecule has 0 saturated heterocycles. The summed E-state index contributed by atoms with van der Waals surface area (Å²) in [6.07, 6.45) is 3.46. The van der Waals surface area contributed by atoms with Crippen molar-refractivity contribution in [1.29, 1.82) is 0 Å². The summed E-state index contributed by atoms with van der Waals surface area (Å²) in [6.45, 7) is 10.7. The Kier molecular flexibility index (Phi) is 5.72. The number of hydrogen-bond acceptors (Lipinski definition) is 3. The fourth-order valence-corrected chi connectivity index (χ4v) is 2.33. The Hall–Kier alpha value is -0.800. The average molecular weight is 238 g/mol. The molecule has 1 aromatic rings. The van der Waals surface area contributed by atoms with E-state index < -0.39 is 0 Å². The maximum atomic E-state index is 5.80. The van der Waals surface area contributed by atoms with Crippen LogP contribution in [0.3, 0.4) is 0 Å². The van der Waals surface area contributed by atoms with Crippen molar-refractivity contribution in [2.45, 2.75) is 33.7 Å². The summed E-state index contributed by atoms with van der Waals surface area (Å²) in [4.78, 5) is 0. The molecular formula is C14H26N2O. The highest BCUT2D eigenvalue weighted by Crippen LogP contribution is 2.21. The zero-order valence-electron chi connectivity index (χ0n) is 11.4. The first kappa shape index (κ1) is 14.3. The second-order valence-corrected chi connectivity index (χ2v) is 5.41. The second kappa shape index (κ2) is 6.82. The molecule has 1 heterocycles. The highest BCUT2D eigenvalue weighted by Gasteiger charge is 2.19. The zero-order chi connectivity index (χ0) is 12.8. The summed E-state index contributed by atoms with van der Waals surface area (Å²) in [5.41, 5.74) is 6.94. The summed E-state index contributed by atoms with van der Waals surface area (Å²) in [5.74, 6) is 2.05. The van der Waals surface area contributed by atoms with Gasteiger partial charge < -0.3 is 15.5 Å². The summed E-state index contributed by atoms with van der Waals surface area (Å²) in [6, 6.07) is 2.18. The van der Waals surface area contributed by atoms with Gasteiger partial charge in [0.25, 0.3) is 0 Å². The Balaban J connectivity index is 2.52. The van der Waals surface area contributed by atoms with Gasteiger partial charge in [0.2, 0.25) is 0 Å². The molecule has 0 spiro atoms. The number of rotatable bonds is 7. The van der Waals surface area contributed by atoms with Gasteiger partial charge in [-0.25, -0.2) is 0 Å². The van der Waals surface area contributed by atoms with Crippen molar-refractivity contribution >= 4 is 0 Å². The van der Waals surface area contributed by atoms with Crippen LogP contribution in [0.5, 0.6) is 0 Å². The predicted octanol–water partition coefficient (Wildman–Crippen LogP) is 2.80. The molecule has 1 unspecified atom stereocenters. The predicted molar refractivity (Wildman–Crippen MR) is 71.7 cm³/mol. The lowest BCUT2D eigenvalue weighted by Crippen LogP contribution is -2.35. The highest BCUT2D eigenvalue weighted by atomic mass is 16.3. The lowest BCUT2D eigenvalue weighted by Gasteiger charge is -2.27. The molecule has 0 aliphatic carbocycles. The van der Waals surface area contributed by atoms with E-state index in [1.54, 1.807) is 12.5 Å². The maximum absolute atomic E-state index is 5.80. The first-order valence-corrected chi connectivity index (χ1v) is 6.51. The molecule has 0 radical (unpaired) electrons. The topological polar surface area (TPSA) is 51.2 Å². The van der Waals surface area contributed by atoms with Crippen LogP contribution in [0, 0.1) is 17.8 Å². The molecule has 17 heavy (non-hydrogen) atoms. The van der Waals surface area contributed by atoms with Crippen LogP contribution in [0.25, 0.3) is 0 Å². The number of nitrogens with one attached hydrogen (secondary N) is 1. The van der Waals surface area contributed by atoms with Crippen LogP contribution >= 0.6 is 0 Å². The van der Waals surface area contributed by atoms with Gasteiger partial charge in [0.05, 0.1) is 12.5 Å². The first-order valence-electron chi connectivity index (χ1n) is 6.51. The average Bonchev–Trinajstić information content (AvgIpc) is 2.76. The van der Waals surface area contributed by atoms with Gasteiger partial charge in [-0.15, -0.1) is 0 Å². The third kappa shape index (κ3) is 4.17. The van der Waals surface area contributed by atoms with E-state index in [0.717, 1.165) is 12.1 Å². The van der Waals surface area contributed by atoms with Crippen molar-refractivity contribution in [3.8, 4) is 0 Å². The van der Waals surface area contributed by atoms with Crippen LogP contribution in [0.4, 0.5) is 0 Å². The molecule has 3 N–H and O–H groups in total. The molecule has 3 heteroatoms. The highest BCUT2D eigenvalue weighted by molar-refractivity contribution is 5.11. The van der Waals surface area contributed by atoms with Gasteiger partial charge in [-0.3, -0.25) is 0 Å². The van der Waals surface area contributed by atoms with E-state index >= 15 is 0 Å². The summed E-state index contributed by atoms with van der Waals surface area (Å²) in [5, 5.41) is 3.55. The number of nitrogens with two attached hydrogens (primary N) is 1. The minimum atomic E-state index is 0.203. The van der Waals surface area contributed by atoms with E-state index in [1.165, 1.54) is 0 Å². The van der Waals surface area contributed by atoms with E-state index in [0.29, 0.717) is 24.3 Å². The number of hydrogen-bond donors (Lipinski definition) is 2. The van der Waals surface area contributed by atoms with Gasteiger partial charge in [0.15, 0.2) is 0 Å². The summed E-state index contributed by atoms with van der Waals surface area (Å²) >= 11 is 0. The van der Waals surface area contributed by atoms with Crippen LogP contribution in [-0.4, -0.2) is 13.1 Å². The number of furan rings is 1. The molecule has 0 aliphatic heterocycles. The van der Waals surface area contributed by atoms with E-state index in [1.807, 2.05) is 6.07 Å². The lowest BCUT2D eigenvalue weighted by atomic mass is 9.85. The standard InChI is InChI=1S/C14H26N2O/c1-10(2)13(11(3)4)8-16-14(7-15)12-5-6-17-9-12/h5-6,9-11,13-14,16H,7-8,15H2,1-4H3. The van der Waals surface area contributed by atoms with Crippen LogP contribution < -0.4 is 11.1 Å². The maximum Gasteiger partial charge on any atom is 0.0950 e. The molecule has 1 atom stereocenters. The molecule has 1 aromatic heterocycles. The molecule has 0 aromatic carbocycles. The molecule has 0 fully saturated rings. The van der Waals surface area contributed by atoms with Crippen LogP contribution in [-0.2, 0) is 0 Å². The van der Waals surface area contributed by atoms with Crippen molar-refractivity contribution in [2.75, 3.05) is 13.1 Å². The van der Waals surface area contributed by atoms with E-state index in [9.17, 15) is 0 Å². The normalized spacial score (nSPS) is 13.9. The Bertz CT molecular complexity index is 285. The second-order valence-electron chi connectivity index (χ2n) is 5.41. The Labute approximate surface area is 105 Å². The minimum Gasteiger partial charge on any atom is -0.472 e. The van der Waals surface area contributed by atoms with Crippen LogP contribution in [0.1, 0.15) is 39.3 Å². The monoisotopic (exact) mass is 238 g/mol. The van der Waals surface area contributed by atoms with Crippen LogP contribution in [0.15, 0.2) is 23.0 Å². The van der Waals surface area contributed by atoms with Gasteiger partial charge in [-0.2, -0.15) is 0 Å². The summed E-state index contributed by atoms with van der Waals surface area (Å²) < 4.78 is 5.10. The molecule has 3 nitrogen and oxygen atoms in total. The van der Waals surface area contributed by atoms with Crippen molar-refractivity contribution in [3.05, 3.63) is 24.2 Å². The molecule has 0 amide bonds. The molecule has 0 saturated carbocycles. The van der Waals surface area contributed by atoms with Crippen molar-refractivity contribution in [2.24, 2.45) is 23.5 Å². The molecule has 1 rings (SSSR count). The van der Waals surface area contributed by atoms with Crippen molar-refractivity contribution in [1.82, 2.24) is 5.32 Å². The van der Waals surface area contributed by atoms with Crippen molar-refractivity contribution < 1.29 is 4.42 Å². The SMILES string of the molecule is CC(C)C(CNC(CN)c1ccoc1)C(C)C. The van der Waals surface area contributed by atoms with Gasteiger partial charge in [-0.1, -0.05) is 27.7 Å². The smallest absolute Gasteiger partial charge is 0.0950 e. The quantitative estimate of drug-likeness (QED) is 0.768. The Morgan fingerprint density at radius 1 is 1.24 bits per heavy atom. The fraction of sp³-hybridized carbons (Fsp3) is 0.714. The van der Waals surface area contributed by atoms with Gasteiger partial charge in [0.1, 0.15) is 0 Å². The largest absolute Gasteiger partial charge is 0.472 e. The van der Waals surface area contributed by atoms with Crippen molar-refractivity contribution in [3.63, 3.8) is 0 Å².